The van der Waals surface area contributed by atoms with E-state index in [9.17, 15) is 9.18 Å². The van der Waals surface area contributed by atoms with E-state index in [-0.39, 0.29) is 11.5 Å². The Morgan fingerprint density at radius 1 is 1.19 bits per heavy atom. The minimum Gasteiger partial charge on any atom is -0.422 e. The van der Waals surface area contributed by atoms with Gasteiger partial charge in [0.15, 0.2) is 11.5 Å². The molecular weight excluding hydrogens is 395 g/mol. The van der Waals surface area contributed by atoms with Gasteiger partial charge >= 0.3 is 5.63 Å². The molecule has 0 bridgehead atoms. The van der Waals surface area contributed by atoms with Crippen LogP contribution in [-0.2, 0) is 0 Å². The molecule has 2 aliphatic rings. The van der Waals surface area contributed by atoms with Crippen molar-refractivity contribution in [3.63, 3.8) is 0 Å². The molecule has 4 heterocycles. The highest BCUT2D eigenvalue weighted by atomic mass is 19.1. The van der Waals surface area contributed by atoms with Gasteiger partial charge in [0.25, 0.3) is 0 Å². The smallest absolute Gasteiger partial charge is 0.345 e. The summed E-state index contributed by atoms with van der Waals surface area (Å²) in [4.78, 5) is 19.5. The van der Waals surface area contributed by atoms with E-state index in [1.54, 1.807) is 22.7 Å². The van der Waals surface area contributed by atoms with Crippen molar-refractivity contribution in [1.82, 2.24) is 14.7 Å². The first kappa shape index (κ1) is 18.6. The zero-order valence-electron chi connectivity index (χ0n) is 17.3. The minimum atomic E-state index is -0.468. The predicted molar refractivity (Wildman–Crippen MR) is 118 cm³/mol. The summed E-state index contributed by atoms with van der Waals surface area (Å²) in [5, 5.41) is 4.25. The van der Waals surface area contributed by atoms with Crippen molar-refractivity contribution in [2.75, 3.05) is 24.5 Å². The van der Waals surface area contributed by atoms with Gasteiger partial charge in [-0.2, -0.15) is 0 Å². The molecule has 1 aliphatic heterocycles. The van der Waals surface area contributed by atoms with Gasteiger partial charge in [-0.05, 0) is 55.5 Å². The Morgan fingerprint density at radius 3 is 2.87 bits per heavy atom. The van der Waals surface area contributed by atoms with Gasteiger partial charge in [0.2, 0.25) is 0 Å². The van der Waals surface area contributed by atoms with E-state index < -0.39 is 5.63 Å². The van der Waals surface area contributed by atoms with Gasteiger partial charge < -0.3 is 19.0 Å². The van der Waals surface area contributed by atoms with E-state index >= 15 is 0 Å². The Labute approximate surface area is 178 Å². The molecule has 6 rings (SSSR count). The lowest BCUT2D eigenvalue weighted by atomic mass is 10.1. The van der Waals surface area contributed by atoms with E-state index in [4.69, 9.17) is 4.42 Å². The largest absolute Gasteiger partial charge is 0.422 e. The van der Waals surface area contributed by atoms with Crippen molar-refractivity contribution >= 4 is 22.3 Å². The van der Waals surface area contributed by atoms with Gasteiger partial charge in [0.05, 0.1) is 11.3 Å². The minimum absolute atomic E-state index is 0.224. The number of aromatic nitrogens is 2. The Kier molecular flexibility index (Phi) is 4.14. The summed E-state index contributed by atoms with van der Waals surface area (Å²) >= 11 is 0. The third-order valence-corrected chi connectivity index (χ3v) is 6.31. The van der Waals surface area contributed by atoms with E-state index in [1.807, 2.05) is 18.3 Å². The van der Waals surface area contributed by atoms with Crippen molar-refractivity contribution in [2.24, 2.45) is 0 Å². The first-order valence-corrected chi connectivity index (χ1v) is 10.8. The number of piperazine rings is 1. The number of nitrogens with zero attached hydrogens (tertiary/aromatic N) is 3. The summed E-state index contributed by atoms with van der Waals surface area (Å²) in [6.45, 7) is 4.90. The summed E-state index contributed by atoms with van der Waals surface area (Å²) in [7, 11) is 0. The van der Waals surface area contributed by atoms with Gasteiger partial charge in [-0.15, -0.1) is 0 Å². The average Bonchev–Trinajstić information content (AvgIpc) is 3.52. The Morgan fingerprint density at radius 2 is 2.06 bits per heavy atom. The second kappa shape index (κ2) is 6.92. The number of halogens is 1. The molecule has 1 saturated heterocycles. The summed E-state index contributed by atoms with van der Waals surface area (Å²) in [5.41, 5.74) is 3.08. The maximum atomic E-state index is 14.6. The molecule has 1 aliphatic carbocycles. The lowest BCUT2D eigenvalue weighted by molar-refractivity contribution is 0.484. The molecule has 31 heavy (non-hydrogen) atoms. The molecule has 1 aromatic carbocycles. The summed E-state index contributed by atoms with van der Waals surface area (Å²) in [6.07, 6.45) is 5.81. The number of benzene rings is 1. The SMILES string of the molecule is CC1CN(c2ccc3cc(-c4cn5cc(C6CC6)cc(F)c5n4)c(=O)oc3c2)CCN1. The van der Waals surface area contributed by atoms with E-state index in [0.717, 1.165) is 49.1 Å². The van der Waals surface area contributed by atoms with Crippen LogP contribution >= 0.6 is 0 Å². The van der Waals surface area contributed by atoms with Gasteiger partial charge in [-0.1, -0.05) is 0 Å². The van der Waals surface area contributed by atoms with Gasteiger partial charge in [0.1, 0.15) is 5.58 Å². The van der Waals surface area contributed by atoms with E-state index in [2.05, 4.69) is 28.2 Å². The third kappa shape index (κ3) is 3.29. The van der Waals surface area contributed by atoms with Gasteiger partial charge in [0, 0.05) is 55.2 Å². The van der Waals surface area contributed by atoms with Gasteiger partial charge in [-0.25, -0.2) is 14.2 Å². The van der Waals surface area contributed by atoms with Crippen LogP contribution in [0.4, 0.5) is 10.1 Å². The summed E-state index contributed by atoms with van der Waals surface area (Å²) < 4.78 is 21.9. The van der Waals surface area contributed by atoms with Crippen LogP contribution in [0.3, 0.4) is 0 Å². The Balaban J connectivity index is 1.40. The quantitative estimate of drug-likeness (QED) is 0.511. The Hall–Kier alpha value is -3.19. The maximum Gasteiger partial charge on any atom is 0.345 e. The van der Waals surface area contributed by atoms with E-state index in [0.29, 0.717) is 28.8 Å². The number of rotatable bonds is 3. The first-order valence-electron chi connectivity index (χ1n) is 10.8. The number of pyridine rings is 1. The summed E-state index contributed by atoms with van der Waals surface area (Å²) in [6, 6.07) is 9.69. The second-order valence-electron chi connectivity index (χ2n) is 8.72. The molecule has 158 valence electrons. The molecule has 4 aromatic rings. The van der Waals surface area contributed by atoms with Crippen LogP contribution in [0, 0.1) is 5.82 Å². The monoisotopic (exact) mass is 418 g/mol. The Bertz CT molecular complexity index is 1370. The lowest BCUT2D eigenvalue weighted by Crippen LogP contribution is -2.49. The van der Waals surface area contributed by atoms with Crippen LogP contribution in [0.2, 0.25) is 0 Å². The summed E-state index contributed by atoms with van der Waals surface area (Å²) in [5.74, 6) is 0.0686. The molecule has 1 saturated carbocycles. The first-order chi connectivity index (χ1) is 15.0. The topological polar surface area (TPSA) is 62.8 Å². The number of anilines is 1. The van der Waals surface area contributed by atoms with Crippen LogP contribution in [0.5, 0.6) is 0 Å². The third-order valence-electron chi connectivity index (χ3n) is 6.31. The average molecular weight is 418 g/mol. The molecule has 6 nitrogen and oxygen atoms in total. The molecule has 0 spiro atoms. The van der Waals surface area contributed by atoms with Crippen LogP contribution < -0.4 is 15.8 Å². The molecule has 0 radical (unpaired) electrons. The number of hydrogen-bond donors (Lipinski definition) is 1. The van der Waals surface area contributed by atoms with Crippen molar-refractivity contribution in [3.05, 3.63) is 64.5 Å². The molecule has 3 aromatic heterocycles. The number of fused-ring (bicyclic) bond motifs is 2. The molecule has 1 unspecified atom stereocenters. The second-order valence-corrected chi connectivity index (χ2v) is 8.72. The van der Waals surface area contributed by atoms with Crippen LogP contribution in [0.15, 0.2) is 51.9 Å². The zero-order valence-corrected chi connectivity index (χ0v) is 17.3. The van der Waals surface area contributed by atoms with Crippen LogP contribution in [0.1, 0.15) is 31.2 Å². The zero-order chi connectivity index (χ0) is 21.1. The van der Waals surface area contributed by atoms with Crippen LogP contribution in [-0.4, -0.2) is 35.1 Å². The molecule has 0 amide bonds. The predicted octanol–water partition coefficient (Wildman–Crippen LogP) is 3.92. The maximum absolute atomic E-state index is 14.6. The van der Waals surface area contributed by atoms with Crippen molar-refractivity contribution < 1.29 is 8.81 Å². The standard InChI is InChI=1S/C24H23FN4O2/c1-14-11-28(7-6-26-14)18-5-4-16-8-19(24(30)31-22(16)10-18)21-13-29-12-17(15-2-3-15)9-20(25)23(29)27-21/h4-5,8-10,12-15,26H,2-3,6-7,11H2,1H3. The van der Waals surface area contributed by atoms with Crippen molar-refractivity contribution in [3.8, 4) is 11.3 Å². The number of nitrogens with one attached hydrogen (secondary N) is 1. The normalized spacial score (nSPS) is 19.4. The highest BCUT2D eigenvalue weighted by molar-refractivity contribution is 5.84. The fourth-order valence-corrected chi connectivity index (χ4v) is 4.49. The van der Waals surface area contributed by atoms with Crippen molar-refractivity contribution in [1.29, 1.82) is 0 Å². The lowest BCUT2D eigenvalue weighted by Gasteiger charge is -2.33. The van der Waals surface area contributed by atoms with Crippen molar-refractivity contribution in [2.45, 2.75) is 31.7 Å². The molecule has 7 heteroatoms. The van der Waals surface area contributed by atoms with Crippen LogP contribution in [0.25, 0.3) is 27.9 Å². The molecule has 2 fully saturated rings. The number of imidazole rings is 1. The fourth-order valence-electron chi connectivity index (χ4n) is 4.49. The van der Waals surface area contributed by atoms with Gasteiger partial charge in [-0.3, -0.25) is 0 Å². The highest BCUT2D eigenvalue weighted by Crippen LogP contribution is 2.40. The fraction of sp³-hybridized carbons (Fsp3) is 0.333. The molecule has 1 N–H and O–H groups in total. The molecule has 1 atom stereocenters. The molecular formula is C24H23FN4O2. The number of hydrogen-bond acceptors (Lipinski definition) is 5. The highest BCUT2D eigenvalue weighted by Gasteiger charge is 2.25. The van der Waals surface area contributed by atoms with E-state index in [1.165, 1.54) is 0 Å².